The maximum absolute atomic E-state index is 11.0. The first-order chi connectivity index (χ1) is 58.3. The highest BCUT2D eigenvalue weighted by molar-refractivity contribution is 5.69. The first-order valence-electron chi connectivity index (χ1n) is 52.0. The molecule has 0 aliphatic rings. The Labute approximate surface area is 791 Å². The van der Waals surface area contributed by atoms with Crippen LogP contribution in [0.2, 0.25) is 0 Å². The molecule has 0 aliphatic carbocycles. The van der Waals surface area contributed by atoms with E-state index in [1.165, 1.54) is 148 Å². The van der Waals surface area contributed by atoms with Gasteiger partial charge in [-0.2, -0.15) is 0 Å². The van der Waals surface area contributed by atoms with Gasteiger partial charge in [0.25, 0.3) is 0 Å². The SMILES string of the molecule is CC(C)CCC(C)CC(C)(C)C.CC(C)CCCN(C)C.CC(C)CCN(C)C.CCC(C)C.CCCCC(C)COCCOCCC(C)C.CCCCCC(C)C.CCN(CC)CCC(C)C.CCOCCC(=O)OCCC(C)C.CCOCCOCCC(C)C.COC(C)CC(C)C.COCC(C)(C)COCCCOCCCC(C)C.COCCC(C)C. The van der Waals surface area contributed by atoms with Crippen molar-refractivity contribution >= 4 is 5.97 Å². The molecular weight excluding hydrogens is 1560 g/mol. The summed E-state index contributed by atoms with van der Waals surface area (Å²) in [7, 11) is 13.7. The van der Waals surface area contributed by atoms with Crippen molar-refractivity contribution in [3.05, 3.63) is 0 Å². The molecule has 0 spiro atoms. The van der Waals surface area contributed by atoms with E-state index >= 15 is 0 Å². The largest absolute Gasteiger partial charge is 0.466 e. The smallest absolute Gasteiger partial charge is 0.308 e. The predicted molar refractivity (Wildman–Crippen MR) is 561 cm³/mol. The molecule has 0 aliphatic heterocycles. The van der Waals surface area contributed by atoms with Gasteiger partial charge in [0.05, 0.1) is 65.4 Å². The van der Waals surface area contributed by atoms with E-state index in [-0.39, 0.29) is 11.4 Å². The fourth-order valence-corrected chi connectivity index (χ4v) is 10.7. The van der Waals surface area contributed by atoms with Gasteiger partial charge in [0, 0.05) is 86.2 Å². The number of rotatable bonds is 64. The topological polar surface area (TPSA) is 128 Å². The Morgan fingerprint density at radius 2 is 0.704 bits per heavy atom. The number of carbonyl (C=O) groups excluding carboxylic acids is 1. The summed E-state index contributed by atoms with van der Waals surface area (Å²) in [6.45, 7) is 106. The highest BCUT2D eigenvalue weighted by atomic mass is 16.5. The third kappa shape index (κ3) is 195. The standard InChI is InChI=1S/C15H32O3.C14H30O2.C12H26.C10H20O3.C9H21N.C9H20O2.C8H19N.C8H18.C7H17N.C7H16O.C6H14O.C5H12/c1-14(2)8-6-9-17-10-7-11-18-13-15(3,4)12-16-5;1-5-6-7-14(4)12-16-11-10-15-9-8-13(2)3;1-10(2)7-8-11(3)9-12(4,5)6;1-4-12-7-6-10(11)13-8-5-9(2)3;1-5-10(6-2)8-7-9(3)4;1-4-10-7-8-11-6-5-9(2)3;1-8(2)6-5-7-9(3)4;1-4-5-6-7-8(2)3;1-7(2)5-6-8(3)4;1-6(2)5-7(3)8-4;1-6(2)4-5-7-3;1-4-5(2)3/h14H,6-13H2,1-5H3;13-14H,5-12H2,1-4H3;10-11H,7-9H2,1-6H3;9H,4-8H2,1-3H3;9H,5-8H2,1-4H3;9H,4-8H2,1-3H3;8H,5-7H2,1-4H3;8H,4-7H2,1-3H3;7H,5-6H2,1-4H3;6-7H,5H2,1-4H3;6H,4-5H2,1-3H3;5H,4H2,1-3H3. The molecule has 0 radical (unpaired) electrons. The summed E-state index contributed by atoms with van der Waals surface area (Å²) in [6, 6.07) is 0. The van der Waals surface area contributed by atoms with E-state index < -0.39 is 0 Å². The zero-order valence-electron chi connectivity index (χ0n) is 94.9. The van der Waals surface area contributed by atoms with Gasteiger partial charge in [-0.15, -0.1) is 0 Å². The van der Waals surface area contributed by atoms with Crippen LogP contribution in [0.25, 0.3) is 0 Å². The van der Waals surface area contributed by atoms with Crippen molar-refractivity contribution in [2.75, 3.05) is 195 Å². The van der Waals surface area contributed by atoms with Crippen LogP contribution in [0.5, 0.6) is 0 Å². The van der Waals surface area contributed by atoms with Gasteiger partial charge < -0.3 is 66.8 Å². The third-order valence-corrected chi connectivity index (χ3v) is 19.3. The Bertz CT molecular complexity index is 1820. The van der Waals surface area contributed by atoms with Crippen LogP contribution in [-0.4, -0.2) is 221 Å². The minimum Gasteiger partial charge on any atom is -0.466 e. The van der Waals surface area contributed by atoms with Crippen LogP contribution >= 0.6 is 0 Å². The molecule has 0 aromatic heterocycles. The number of ether oxygens (including phenoxy) is 11. The van der Waals surface area contributed by atoms with Crippen LogP contribution in [0.1, 0.15) is 424 Å². The van der Waals surface area contributed by atoms with Crippen LogP contribution in [0.3, 0.4) is 0 Å². The summed E-state index contributed by atoms with van der Waals surface area (Å²) in [5.74, 6) is 11.0. The van der Waals surface area contributed by atoms with Crippen LogP contribution in [0.15, 0.2) is 0 Å². The van der Waals surface area contributed by atoms with E-state index in [4.69, 9.17) is 52.1 Å². The molecule has 15 nitrogen and oxygen atoms in total. The van der Waals surface area contributed by atoms with E-state index in [1.54, 1.807) is 21.3 Å². The Kier molecular flexibility index (Phi) is 140. The molecular formula is C110H245N3O12. The summed E-state index contributed by atoms with van der Waals surface area (Å²) in [4.78, 5) is 17.9. The van der Waals surface area contributed by atoms with E-state index in [9.17, 15) is 4.79 Å². The summed E-state index contributed by atoms with van der Waals surface area (Å²) >= 11 is 0. The number of nitrogens with zero attached hydrogens (tertiary/aromatic N) is 3. The molecule has 15 heteroatoms. The van der Waals surface area contributed by atoms with Gasteiger partial charge >= 0.3 is 5.97 Å². The second-order valence-electron chi connectivity index (χ2n) is 42.5. The molecule has 0 rings (SSSR count). The molecule has 0 saturated heterocycles. The highest BCUT2D eigenvalue weighted by Crippen LogP contribution is 2.28. The van der Waals surface area contributed by atoms with Crippen LogP contribution in [0.4, 0.5) is 0 Å². The molecule has 772 valence electrons. The maximum Gasteiger partial charge on any atom is 0.308 e. The van der Waals surface area contributed by atoms with Gasteiger partial charge in [-0.1, -0.05) is 307 Å². The van der Waals surface area contributed by atoms with E-state index in [0.717, 1.165) is 196 Å². The van der Waals surface area contributed by atoms with Gasteiger partial charge in [-0.25, -0.2) is 0 Å². The molecule has 0 saturated carbocycles. The summed E-state index contributed by atoms with van der Waals surface area (Å²) < 4.78 is 57.8. The lowest BCUT2D eigenvalue weighted by atomic mass is 9.83. The molecule has 0 fully saturated rings. The summed E-state index contributed by atoms with van der Waals surface area (Å²) in [6.07, 6.45) is 30.0. The number of esters is 1. The number of hydrogen-bond donors (Lipinski definition) is 0. The average molecular weight is 1800 g/mol. The Balaban J connectivity index is -0.000000113. The number of methoxy groups -OCH3 is 3. The highest BCUT2D eigenvalue weighted by Gasteiger charge is 2.18. The number of hydrogen-bond acceptors (Lipinski definition) is 15. The molecule has 3 atom stereocenters. The molecule has 0 aromatic rings. The molecule has 125 heavy (non-hydrogen) atoms. The van der Waals surface area contributed by atoms with Gasteiger partial charge in [0.15, 0.2) is 0 Å². The Hall–Kier alpha value is -1.05. The second kappa shape index (κ2) is 117. The van der Waals surface area contributed by atoms with Crippen molar-refractivity contribution in [2.45, 2.75) is 430 Å². The van der Waals surface area contributed by atoms with Crippen LogP contribution < -0.4 is 0 Å². The van der Waals surface area contributed by atoms with E-state index in [0.29, 0.717) is 49.6 Å². The molecule has 0 N–H and O–H groups in total. The molecule has 3 unspecified atom stereocenters. The Morgan fingerprint density at radius 1 is 0.312 bits per heavy atom. The van der Waals surface area contributed by atoms with Crippen LogP contribution in [0, 0.1) is 93.7 Å². The summed E-state index contributed by atoms with van der Waals surface area (Å²) in [5, 5.41) is 0. The molecule has 0 amide bonds. The van der Waals surface area contributed by atoms with Crippen molar-refractivity contribution in [3.8, 4) is 0 Å². The lowest BCUT2D eigenvalue weighted by molar-refractivity contribution is -0.145. The number of carbonyl (C=O) groups is 1. The lowest BCUT2D eigenvalue weighted by Crippen LogP contribution is -2.25. The normalized spacial score (nSPS) is 12.0. The molecule has 0 heterocycles. The molecule has 0 bridgehead atoms. The number of unbranched alkanes of at least 4 members (excludes halogenated alkanes) is 3. The fourth-order valence-electron chi connectivity index (χ4n) is 10.7. The zero-order chi connectivity index (χ0) is 99.3. The van der Waals surface area contributed by atoms with Gasteiger partial charge in [-0.05, 0) is 260 Å². The van der Waals surface area contributed by atoms with E-state index in [1.807, 2.05) is 13.8 Å². The van der Waals surface area contributed by atoms with Gasteiger partial charge in [0.1, 0.15) is 0 Å². The zero-order valence-corrected chi connectivity index (χ0v) is 94.9. The average Bonchev–Trinajstić information content (AvgIpc) is 0.949. The predicted octanol–water partition coefficient (Wildman–Crippen LogP) is 31.0. The third-order valence-electron chi connectivity index (χ3n) is 19.3. The lowest BCUT2D eigenvalue weighted by Gasteiger charge is -2.23. The van der Waals surface area contributed by atoms with Gasteiger partial charge in [0.2, 0.25) is 0 Å². The quantitative estimate of drug-likeness (QED) is 0.0423. The fraction of sp³-hybridized carbons (Fsp3) is 0.991. The second-order valence-corrected chi connectivity index (χ2v) is 42.5. The Morgan fingerprint density at radius 3 is 1.07 bits per heavy atom. The van der Waals surface area contributed by atoms with Crippen molar-refractivity contribution in [1.82, 2.24) is 14.7 Å². The first kappa shape index (κ1) is 150. The maximum atomic E-state index is 11.0. The minimum absolute atomic E-state index is 0.104. The minimum atomic E-state index is -0.158. The molecule has 0 aromatic carbocycles. The van der Waals surface area contributed by atoms with Crippen molar-refractivity contribution in [2.24, 2.45) is 93.7 Å². The van der Waals surface area contributed by atoms with Crippen molar-refractivity contribution < 1.29 is 56.9 Å². The first-order valence-corrected chi connectivity index (χ1v) is 52.0. The van der Waals surface area contributed by atoms with Gasteiger partial charge in [-0.3, -0.25) is 4.79 Å². The van der Waals surface area contributed by atoms with E-state index in [2.05, 4.69) is 299 Å². The van der Waals surface area contributed by atoms with Crippen LogP contribution in [-0.2, 0) is 56.9 Å². The summed E-state index contributed by atoms with van der Waals surface area (Å²) in [5.41, 5.74) is 0.614. The monoisotopic (exact) mass is 1800 g/mol. The van der Waals surface area contributed by atoms with Crippen molar-refractivity contribution in [1.29, 1.82) is 0 Å². The van der Waals surface area contributed by atoms with Crippen molar-refractivity contribution in [3.63, 3.8) is 0 Å².